The molecule has 1 rings (SSSR count). The van der Waals surface area contributed by atoms with Crippen LogP contribution in [0.5, 0.6) is 0 Å². The first-order valence-corrected chi connectivity index (χ1v) is 12.6. The molecular formula is C26H51NO2. The molecule has 0 aromatic heterocycles. The van der Waals surface area contributed by atoms with Crippen LogP contribution in [-0.4, -0.2) is 36.1 Å². The number of hydrogen-bond acceptors (Lipinski definition) is 2. The van der Waals surface area contributed by atoms with Crippen LogP contribution < -0.4 is 0 Å². The first-order valence-electron chi connectivity index (χ1n) is 12.6. The van der Waals surface area contributed by atoms with Crippen LogP contribution in [0.4, 0.5) is 0 Å². The minimum atomic E-state index is -0.664. The molecule has 0 bridgehead atoms. The molecule has 3 nitrogen and oxygen atoms in total. The molecule has 3 heteroatoms. The number of allylic oxidation sites excluding steroid dienone is 2. The van der Waals surface area contributed by atoms with Gasteiger partial charge in [-0.3, -0.25) is 4.79 Å². The molecule has 0 amide bonds. The first kappa shape index (κ1) is 28.2. The van der Waals surface area contributed by atoms with E-state index in [0.29, 0.717) is 6.42 Å². The molecule has 0 unspecified atom stereocenters. The fourth-order valence-electron chi connectivity index (χ4n) is 3.94. The molecule has 1 fully saturated rings. The number of carbonyl (C=O) groups is 1. The summed E-state index contributed by atoms with van der Waals surface area (Å²) in [5.74, 6) is -0.664. The summed E-state index contributed by atoms with van der Waals surface area (Å²) in [5.41, 5.74) is 0. The Balaban J connectivity index is 0.000000717. The lowest BCUT2D eigenvalue weighted by Gasteiger charge is -2.27. The summed E-state index contributed by atoms with van der Waals surface area (Å²) < 4.78 is 0. The van der Waals surface area contributed by atoms with Gasteiger partial charge in [0.1, 0.15) is 0 Å². The van der Waals surface area contributed by atoms with E-state index in [1.807, 2.05) is 0 Å². The summed E-state index contributed by atoms with van der Waals surface area (Å²) in [6.45, 7) is 2.26. The molecule has 1 aliphatic rings. The third-order valence-corrected chi connectivity index (χ3v) is 5.96. The van der Waals surface area contributed by atoms with Crippen LogP contribution >= 0.6 is 0 Å². The van der Waals surface area contributed by atoms with Gasteiger partial charge in [-0.15, -0.1) is 0 Å². The van der Waals surface area contributed by atoms with Crippen LogP contribution in [0.2, 0.25) is 0 Å². The summed E-state index contributed by atoms with van der Waals surface area (Å²) >= 11 is 0. The summed E-state index contributed by atoms with van der Waals surface area (Å²) in [6, 6.07) is 0.888. The van der Waals surface area contributed by atoms with Gasteiger partial charge in [0.2, 0.25) is 0 Å². The smallest absolute Gasteiger partial charge is 0.303 e. The number of carboxylic acid groups (broad SMARTS) is 1. The van der Waals surface area contributed by atoms with Gasteiger partial charge < -0.3 is 10.0 Å². The van der Waals surface area contributed by atoms with E-state index in [2.05, 4.69) is 38.1 Å². The Morgan fingerprint density at radius 2 is 1.28 bits per heavy atom. The molecule has 0 atom stereocenters. The molecule has 1 N–H and O–H groups in total. The highest BCUT2D eigenvalue weighted by molar-refractivity contribution is 5.66. The Bertz CT molecular complexity index is 373. The molecule has 0 spiro atoms. The van der Waals surface area contributed by atoms with E-state index in [1.165, 1.54) is 103 Å². The SMILES string of the molecule is CCCCCCCC/C=C\CCCCCCCC(=O)O.CN(C)C1CCCCC1. The van der Waals surface area contributed by atoms with Crippen molar-refractivity contribution in [3.8, 4) is 0 Å². The van der Waals surface area contributed by atoms with Gasteiger partial charge in [-0.1, -0.05) is 89.7 Å². The van der Waals surface area contributed by atoms with Crippen molar-refractivity contribution in [3.63, 3.8) is 0 Å². The first-order chi connectivity index (χ1) is 14.1. The van der Waals surface area contributed by atoms with Gasteiger partial charge in [0.15, 0.2) is 0 Å². The highest BCUT2D eigenvalue weighted by atomic mass is 16.4. The maximum atomic E-state index is 10.3. The van der Waals surface area contributed by atoms with Crippen molar-refractivity contribution in [2.75, 3.05) is 14.1 Å². The molecule has 172 valence electrons. The predicted molar refractivity (Wildman–Crippen MR) is 128 cm³/mol. The maximum Gasteiger partial charge on any atom is 0.303 e. The Kier molecular flexibility index (Phi) is 21.2. The van der Waals surface area contributed by atoms with Crippen molar-refractivity contribution in [1.29, 1.82) is 0 Å². The molecule has 0 radical (unpaired) electrons. The number of carboxylic acids is 1. The fraction of sp³-hybridized carbons (Fsp3) is 0.885. The quantitative estimate of drug-likeness (QED) is 0.207. The van der Waals surface area contributed by atoms with Gasteiger partial charge in [0.25, 0.3) is 0 Å². The van der Waals surface area contributed by atoms with Crippen LogP contribution in [-0.2, 0) is 4.79 Å². The zero-order chi connectivity index (χ0) is 21.6. The summed E-state index contributed by atoms with van der Waals surface area (Å²) in [7, 11) is 4.38. The van der Waals surface area contributed by atoms with Crippen molar-refractivity contribution in [1.82, 2.24) is 4.90 Å². The molecular weight excluding hydrogens is 358 g/mol. The number of rotatable bonds is 16. The lowest BCUT2D eigenvalue weighted by Crippen LogP contribution is -2.29. The van der Waals surface area contributed by atoms with Crippen molar-refractivity contribution in [3.05, 3.63) is 12.2 Å². The number of nitrogens with zero attached hydrogens (tertiary/aromatic N) is 1. The Hall–Kier alpha value is -0.830. The van der Waals surface area contributed by atoms with Gasteiger partial charge >= 0.3 is 5.97 Å². The van der Waals surface area contributed by atoms with Crippen molar-refractivity contribution in [2.24, 2.45) is 0 Å². The maximum absolute atomic E-state index is 10.3. The highest BCUT2D eigenvalue weighted by Gasteiger charge is 2.13. The number of hydrogen-bond donors (Lipinski definition) is 1. The fourth-order valence-corrected chi connectivity index (χ4v) is 3.94. The lowest BCUT2D eigenvalue weighted by atomic mass is 9.95. The Morgan fingerprint density at radius 1 is 0.793 bits per heavy atom. The average molecular weight is 410 g/mol. The van der Waals surface area contributed by atoms with Crippen molar-refractivity contribution >= 4 is 5.97 Å². The number of aliphatic carboxylic acids is 1. The standard InChI is InChI=1S/C18H34O2.C8H17N/c1-2-3-4-5-6-7-8-9-10-11-12-13-14-15-16-17-18(19)20;1-9(2)8-6-4-3-5-7-8/h9-10H,2-8,11-17H2,1H3,(H,19,20);8H,3-7H2,1-2H3/b10-9-;. The summed E-state index contributed by atoms with van der Waals surface area (Å²) in [5, 5.41) is 8.51. The van der Waals surface area contributed by atoms with Gasteiger partial charge in [-0.05, 0) is 59.0 Å². The molecule has 0 heterocycles. The van der Waals surface area contributed by atoms with Crippen molar-refractivity contribution in [2.45, 2.75) is 135 Å². The third-order valence-electron chi connectivity index (χ3n) is 5.96. The van der Waals surface area contributed by atoms with Crippen LogP contribution in [0, 0.1) is 0 Å². The summed E-state index contributed by atoms with van der Waals surface area (Å²) in [6.07, 6.45) is 28.4. The van der Waals surface area contributed by atoms with Crippen molar-refractivity contribution < 1.29 is 9.90 Å². The lowest BCUT2D eigenvalue weighted by molar-refractivity contribution is -0.137. The van der Waals surface area contributed by atoms with Crippen LogP contribution in [0.15, 0.2) is 12.2 Å². The molecule has 0 saturated heterocycles. The normalized spacial score (nSPS) is 14.9. The third kappa shape index (κ3) is 21.7. The second kappa shape index (κ2) is 21.9. The molecule has 1 saturated carbocycles. The highest BCUT2D eigenvalue weighted by Crippen LogP contribution is 2.20. The van der Waals surface area contributed by atoms with Gasteiger partial charge in [-0.25, -0.2) is 0 Å². The van der Waals surface area contributed by atoms with E-state index in [9.17, 15) is 4.79 Å². The Morgan fingerprint density at radius 3 is 1.72 bits per heavy atom. The van der Waals surface area contributed by atoms with Gasteiger partial charge in [0.05, 0.1) is 0 Å². The molecule has 0 aromatic carbocycles. The molecule has 0 aromatic rings. The summed E-state index contributed by atoms with van der Waals surface area (Å²) in [4.78, 5) is 12.7. The Labute approximate surface area is 182 Å². The topological polar surface area (TPSA) is 40.5 Å². The minimum absolute atomic E-state index is 0.332. The van der Waals surface area contributed by atoms with Crippen LogP contribution in [0.3, 0.4) is 0 Å². The second-order valence-corrected chi connectivity index (χ2v) is 8.98. The van der Waals surface area contributed by atoms with E-state index in [0.717, 1.165) is 18.9 Å². The molecule has 1 aliphatic carbocycles. The van der Waals surface area contributed by atoms with Gasteiger partial charge in [0, 0.05) is 12.5 Å². The molecule has 29 heavy (non-hydrogen) atoms. The van der Waals surface area contributed by atoms with E-state index < -0.39 is 5.97 Å². The van der Waals surface area contributed by atoms with E-state index in [4.69, 9.17) is 5.11 Å². The average Bonchev–Trinajstić information content (AvgIpc) is 2.72. The zero-order valence-electron chi connectivity index (χ0n) is 20.0. The number of unbranched alkanes of at least 4 members (excludes halogenated alkanes) is 11. The zero-order valence-corrected chi connectivity index (χ0v) is 20.0. The van der Waals surface area contributed by atoms with Crippen LogP contribution in [0.25, 0.3) is 0 Å². The largest absolute Gasteiger partial charge is 0.481 e. The predicted octanol–water partition coefficient (Wildman–Crippen LogP) is 7.99. The second-order valence-electron chi connectivity index (χ2n) is 8.98. The van der Waals surface area contributed by atoms with E-state index >= 15 is 0 Å². The van der Waals surface area contributed by atoms with Gasteiger partial charge in [-0.2, -0.15) is 0 Å². The van der Waals surface area contributed by atoms with E-state index in [1.54, 1.807) is 0 Å². The minimum Gasteiger partial charge on any atom is -0.481 e. The van der Waals surface area contributed by atoms with E-state index in [-0.39, 0.29) is 0 Å². The monoisotopic (exact) mass is 409 g/mol. The molecule has 0 aliphatic heterocycles. The van der Waals surface area contributed by atoms with Crippen LogP contribution in [0.1, 0.15) is 129 Å².